The molecule has 0 radical (unpaired) electrons. The molecule has 0 heterocycles. The molecule has 0 aliphatic carbocycles. The van der Waals surface area contributed by atoms with Crippen LogP contribution in [0.3, 0.4) is 0 Å². The van der Waals surface area contributed by atoms with Gasteiger partial charge in [0.1, 0.15) is 17.2 Å². The van der Waals surface area contributed by atoms with E-state index in [0.29, 0.717) is 17.9 Å². The smallest absolute Gasteiger partial charge is 0.257 e. The summed E-state index contributed by atoms with van der Waals surface area (Å²) in [4.78, 5) is 11.9. The largest absolute Gasteiger partial charge is 0.484 e. The number of amides is 1. The number of benzene rings is 3. The van der Waals surface area contributed by atoms with Crippen molar-refractivity contribution in [1.82, 2.24) is 5.32 Å². The Labute approximate surface area is 182 Å². The predicted octanol–water partition coefficient (Wildman–Crippen LogP) is 3.98. The monoisotopic (exact) mass is 439 g/mol. The van der Waals surface area contributed by atoms with E-state index in [1.54, 1.807) is 36.4 Å². The Kier molecular flexibility index (Phi) is 8.06. The maximum absolute atomic E-state index is 12.2. The second-order valence-electron chi connectivity index (χ2n) is 6.96. The van der Waals surface area contributed by atoms with Crippen molar-refractivity contribution >= 4 is 15.7 Å². The maximum atomic E-state index is 12.2. The summed E-state index contributed by atoms with van der Waals surface area (Å²) in [5, 5.41) is 2.68. The molecule has 6 nitrogen and oxygen atoms in total. The molecule has 0 atom stereocenters. The molecule has 0 unspecified atom stereocenters. The number of ether oxygens (including phenoxy) is 2. The summed E-state index contributed by atoms with van der Waals surface area (Å²) in [6.45, 7) is 0.135. The van der Waals surface area contributed by atoms with Gasteiger partial charge >= 0.3 is 0 Å². The Hall–Kier alpha value is -3.32. The minimum atomic E-state index is -3.21. The van der Waals surface area contributed by atoms with Crippen LogP contribution in [0.5, 0.6) is 17.2 Å². The highest BCUT2D eigenvalue weighted by Gasteiger charge is 2.12. The van der Waals surface area contributed by atoms with Crippen LogP contribution in [0.25, 0.3) is 0 Å². The molecule has 31 heavy (non-hydrogen) atoms. The van der Waals surface area contributed by atoms with E-state index in [4.69, 9.17) is 9.47 Å². The van der Waals surface area contributed by atoms with Gasteiger partial charge in [0.25, 0.3) is 5.91 Å². The van der Waals surface area contributed by atoms with Crippen LogP contribution in [-0.2, 0) is 20.4 Å². The predicted molar refractivity (Wildman–Crippen MR) is 120 cm³/mol. The Balaban J connectivity index is 1.33. The van der Waals surface area contributed by atoms with Crippen molar-refractivity contribution < 1.29 is 22.7 Å². The van der Waals surface area contributed by atoms with Crippen LogP contribution < -0.4 is 14.8 Å². The van der Waals surface area contributed by atoms with E-state index in [1.807, 2.05) is 48.5 Å². The van der Waals surface area contributed by atoms with E-state index in [9.17, 15) is 13.2 Å². The van der Waals surface area contributed by atoms with E-state index >= 15 is 0 Å². The molecule has 3 aromatic carbocycles. The summed E-state index contributed by atoms with van der Waals surface area (Å²) >= 11 is 0. The van der Waals surface area contributed by atoms with Crippen LogP contribution in [-0.4, -0.2) is 33.2 Å². The average Bonchev–Trinajstić information content (AvgIpc) is 2.77. The van der Waals surface area contributed by atoms with Crippen molar-refractivity contribution in [2.75, 3.05) is 18.9 Å². The molecule has 0 aliphatic rings. The van der Waals surface area contributed by atoms with Gasteiger partial charge in [0.15, 0.2) is 16.4 Å². The lowest BCUT2D eigenvalue weighted by molar-refractivity contribution is -0.123. The van der Waals surface area contributed by atoms with E-state index in [1.165, 1.54) is 0 Å². The van der Waals surface area contributed by atoms with Gasteiger partial charge in [0.2, 0.25) is 0 Å². The number of para-hydroxylation sites is 1. The first-order valence-corrected chi connectivity index (χ1v) is 11.8. The Morgan fingerprint density at radius 2 is 1.35 bits per heavy atom. The Bertz CT molecular complexity index is 1050. The van der Waals surface area contributed by atoms with E-state index in [-0.39, 0.29) is 30.6 Å². The van der Waals surface area contributed by atoms with Crippen LogP contribution >= 0.6 is 0 Å². The normalized spacial score (nSPS) is 11.0. The minimum absolute atomic E-state index is 0.00881. The summed E-state index contributed by atoms with van der Waals surface area (Å²) < 4.78 is 35.5. The van der Waals surface area contributed by atoms with Gasteiger partial charge in [-0.1, -0.05) is 48.5 Å². The van der Waals surface area contributed by atoms with Crippen LogP contribution in [0.1, 0.15) is 12.0 Å². The van der Waals surface area contributed by atoms with Crippen LogP contribution in [0.2, 0.25) is 0 Å². The zero-order chi connectivity index (χ0) is 21.9. The molecule has 1 amide bonds. The zero-order valence-electron chi connectivity index (χ0n) is 17.1. The average molecular weight is 440 g/mol. The molecular formula is C24H25NO5S. The molecule has 7 heteroatoms. The van der Waals surface area contributed by atoms with Crippen LogP contribution in [0, 0.1) is 0 Å². The van der Waals surface area contributed by atoms with Crippen LogP contribution in [0.15, 0.2) is 84.9 Å². The molecule has 0 aliphatic heterocycles. The molecule has 0 fully saturated rings. The van der Waals surface area contributed by atoms with Crippen molar-refractivity contribution in [3.63, 3.8) is 0 Å². The lowest BCUT2D eigenvalue weighted by atomic mass is 10.2. The topological polar surface area (TPSA) is 81.7 Å². The molecule has 0 saturated carbocycles. The number of nitrogens with one attached hydrogen (secondary N) is 1. The van der Waals surface area contributed by atoms with Gasteiger partial charge in [-0.3, -0.25) is 4.79 Å². The number of hydrogen-bond acceptors (Lipinski definition) is 5. The lowest BCUT2D eigenvalue weighted by Crippen LogP contribution is -2.30. The van der Waals surface area contributed by atoms with Crippen molar-refractivity contribution in [2.24, 2.45) is 0 Å². The highest BCUT2D eigenvalue weighted by molar-refractivity contribution is 7.90. The van der Waals surface area contributed by atoms with Crippen LogP contribution in [0.4, 0.5) is 0 Å². The highest BCUT2D eigenvalue weighted by atomic mass is 32.2. The molecular weight excluding hydrogens is 414 g/mol. The summed E-state index contributed by atoms with van der Waals surface area (Å²) in [5.74, 6) is 1.67. The molecule has 0 bridgehead atoms. The van der Waals surface area contributed by atoms with Gasteiger partial charge in [-0.2, -0.15) is 0 Å². The molecule has 3 aromatic rings. The Morgan fingerprint density at radius 1 is 0.774 bits per heavy atom. The SMILES string of the molecule is O=C(COc1ccc(Oc2ccccc2)cc1)NCCCS(=O)(=O)Cc1ccccc1. The van der Waals surface area contributed by atoms with Gasteiger partial charge in [-0.15, -0.1) is 0 Å². The minimum Gasteiger partial charge on any atom is -0.484 e. The van der Waals surface area contributed by atoms with Gasteiger partial charge in [-0.25, -0.2) is 8.42 Å². The quantitative estimate of drug-likeness (QED) is 0.457. The van der Waals surface area contributed by atoms with E-state index in [0.717, 1.165) is 11.3 Å². The number of hydrogen-bond donors (Lipinski definition) is 1. The van der Waals surface area contributed by atoms with Crippen molar-refractivity contribution in [2.45, 2.75) is 12.2 Å². The third-order valence-electron chi connectivity index (χ3n) is 4.36. The zero-order valence-corrected chi connectivity index (χ0v) is 17.9. The van der Waals surface area contributed by atoms with Gasteiger partial charge in [0.05, 0.1) is 11.5 Å². The van der Waals surface area contributed by atoms with Crippen molar-refractivity contribution in [1.29, 1.82) is 0 Å². The first-order chi connectivity index (χ1) is 15.0. The highest BCUT2D eigenvalue weighted by Crippen LogP contribution is 2.23. The van der Waals surface area contributed by atoms with E-state index in [2.05, 4.69) is 5.32 Å². The molecule has 3 rings (SSSR count). The second kappa shape index (κ2) is 11.2. The summed E-state index contributed by atoms with van der Waals surface area (Å²) in [6, 6.07) is 25.5. The number of sulfone groups is 1. The number of rotatable bonds is 11. The van der Waals surface area contributed by atoms with Gasteiger partial charge < -0.3 is 14.8 Å². The first kappa shape index (κ1) is 22.4. The fraction of sp³-hybridized carbons (Fsp3) is 0.208. The lowest BCUT2D eigenvalue weighted by Gasteiger charge is -2.09. The van der Waals surface area contributed by atoms with Crippen molar-refractivity contribution in [3.8, 4) is 17.2 Å². The molecule has 162 valence electrons. The van der Waals surface area contributed by atoms with E-state index < -0.39 is 9.84 Å². The first-order valence-electron chi connectivity index (χ1n) is 9.97. The fourth-order valence-electron chi connectivity index (χ4n) is 2.85. The van der Waals surface area contributed by atoms with Gasteiger partial charge in [0, 0.05) is 6.54 Å². The molecule has 0 spiro atoms. The molecule has 0 saturated heterocycles. The fourth-order valence-corrected chi connectivity index (χ4v) is 4.28. The molecule has 0 aromatic heterocycles. The van der Waals surface area contributed by atoms with Crippen molar-refractivity contribution in [3.05, 3.63) is 90.5 Å². The third kappa shape index (κ3) is 8.14. The molecule has 1 N–H and O–H groups in total. The summed E-state index contributed by atoms with van der Waals surface area (Å²) in [5.41, 5.74) is 0.764. The maximum Gasteiger partial charge on any atom is 0.257 e. The second-order valence-corrected chi connectivity index (χ2v) is 9.14. The summed E-state index contributed by atoms with van der Waals surface area (Å²) in [7, 11) is -3.21. The number of carbonyl (C=O) groups excluding carboxylic acids is 1. The number of carbonyl (C=O) groups is 1. The Morgan fingerprint density at radius 3 is 2.03 bits per heavy atom. The van der Waals surface area contributed by atoms with Gasteiger partial charge in [-0.05, 0) is 48.4 Å². The summed E-state index contributed by atoms with van der Waals surface area (Å²) in [6.07, 6.45) is 0.354. The third-order valence-corrected chi connectivity index (χ3v) is 6.04. The standard InChI is InChI=1S/C24H25NO5S/c26-24(25-16-7-17-31(27,28)19-20-8-3-1-4-9-20)18-29-21-12-14-23(15-13-21)30-22-10-5-2-6-11-22/h1-6,8-15H,7,16-19H2,(H,25,26).